The lowest BCUT2D eigenvalue weighted by molar-refractivity contribution is 0.529. The molecule has 1 fully saturated rings. The second kappa shape index (κ2) is 5.42. The summed E-state index contributed by atoms with van der Waals surface area (Å²) in [6, 6.07) is 7.92. The number of aromatic nitrogens is 4. The Morgan fingerprint density at radius 1 is 1.04 bits per heavy atom. The molecule has 0 amide bonds. The van der Waals surface area contributed by atoms with E-state index in [0.717, 1.165) is 29.7 Å². The van der Waals surface area contributed by atoms with E-state index in [1.807, 2.05) is 30.6 Å². The van der Waals surface area contributed by atoms with Gasteiger partial charge in [-0.2, -0.15) is 9.97 Å². The Hall–Kier alpha value is -2.83. The highest BCUT2D eigenvalue weighted by Crippen LogP contribution is 2.33. The van der Waals surface area contributed by atoms with Gasteiger partial charge in [0, 0.05) is 17.4 Å². The molecule has 7 nitrogen and oxygen atoms in total. The maximum absolute atomic E-state index is 5.91. The van der Waals surface area contributed by atoms with E-state index >= 15 is 0 Å². The number of hydrogen-bond donors (Lipinski definition) is 3. The van der Waals surface area contributed by atoms with E-state index in [0.29, 0.717) is 17.5 Å². The summed E-state index contributed by atoms with van der Waals surface area (Å²) >= 11 is 0. The van der Waals surface area contributed by atoms with Crippen molar-refractivity contribution in [2.24, 2.45) is 0 Å². The van der Waals surface area contributed by atoms with Crippen LogP contribution in [-0.4, -0.2) is 19.5 Å². The Morgan fingerprint density at radius 2 is 1.78 bits per heavy atom. The maximum Gasteiger partial charge on any atom is 0.224 e. The van der Waals surface area contributed by atoms with E-state index in [9.17, 15) is 0 Å². The number of nitrogens with one attached hydrogen (secondary N) is 1. The van der Waals surface area contributed by atoms with Gasteiger partial charge in [0.15, 0.2) is 17.0 Å². The number of anilines is 4. The first-order valence-electron chi connectivity index (χ1n) is 7.83. The number of nitrogens with zero attached hydrogens (tertiary/aromatic N) is 4. The molecule has 23 heavy (non-hydrogen) atoms. The highest BCUT2D eigenvalue weighted by atomic mass is 15.2. The predicted octanol–water partition coefficient (Wildman–Crippen LogP) is 2.85. The van der Waals surface area contributed by atoms with Crippen LogP contribution in [0.1, 0.15) is 31.7 Å². The standard InChI is InChI=1S/C16H19N7/c17-10-5-7-11(8-6-10)20-14-13-15(22-16(18)21-14)23(9-19-13)12-3-1-2-4-12/h5-9,12H,1-4,17H2,(H3,18,20,21,22). The largest absolute Gasteiger partial charge is 0.399 e. The topological polar surface area (TPSA) is 108 Å². The lowest BCUT2D eigenvalue weighted by Gasteiger charge is -2.12. The van der Waals surface area contributed by atoms with Crippen molar-refractivity contribution in [1.29, 1.82) is 0 Å². The molecule has 1 saturated carbocycles. The second-order valence-corrected chi connectivity index (χ2v) is 5.94. The Kier molecular flexibility index (Phi) is 3.25. The normalized spacial score (nSPS) is 15.3. The lowest BCUT2D eigenvalue weighted by atomic mass is 10.2. The first kappa shape index (κ1) is 13.8. The third-order valence-electron chi connectivity index (χ3n) is 4.33. The van der Waals surface area contributed by atoms with Crippen LogP contribution >= 0.6 is 0 Å². The Morgan fingerprint density at radius 3 is 2.52 bits per heavy atom. The molecule has 7 heteroatoms. The summed E-state index contributed by atoms with van der Waals surface area (Å²) in [6.07, 6.45) is 6.68. The van der Waals surface area contributed by atoms with Gasteiger partial charge >= 0.3 is 0 Å². The Labute approximate surface area is 133 Å². The first-order chi connectivity index (χ1) is 11.2. The van der Waals surface area contributed by atoms with E-state index in [4.69, 9.17) is 11.5 Å². The maximum atomic E-state index is 5.91. The van der Waals surface area contributed by atoms with Crippen LogP contribution in [0.3, 0.4) is 0 Å². The molecule has 0 radical (unpaired) electrons. The van der Waals surface area contributed by atoms with Crippen LogP contribution in [0, 0.1) is 0 Å². The van der Waals surface area contributed by atoms with Gasteiger partial charge in [-0.15, -0.1) is 0 Å². The molecule has 2 aromatic heterocycles. The minimum atomic E-state index is 0.246. The Bertz CT molecular complexity index is 832. The van der Waals surface area contributed by atoms with E-state index in [1.54, 1.807) is 0 Å². The average Bonchev–Trinajstić information content (AvgIpc) is 3.18. The van der Waals surface area contributed by atoms with Gasteiger partial charge in [-0.3, -0.25) is 0 Å². The molecule has 0 saturated heterocycles. The molecule has 118 valence electrons. The summed E-state index contributed by atoms with van der Waals surface area (Å²) in [5.74, 6) is 0.865. The summed E-state index contributed by atoms with van der Waals surface area (Å²) in [6.45, 7) is 0. The van der Waals surface area contributed by atoms with Crippen molar-refractivity contribution >= 4 is 34.3 Å². The number of hydrogen-bond acceptors (Lipinski definition) is 6. The molecule has 0 bridgehead atoms. The van der Waals surface area contributed by atoms with Gasteiger partial charge in [0.1, 0.15) is 0 Å². The number of benzene rings is 1. The van der Waals surface area contributed by atoms with Crippen LogP contribution in [0.15, 0.2) is 30.6 Å². The molecule has 0 aliphatic heterocycles. The molecule has 1 aliphatic rings. The fourth-order valence-corrected chi connectivity index (χ4v) is 3.17. The summed E-state index contributed by atoms with van der Waals surface area (Å²) in [4.78, 5) is 13.2. The van der Waals surface area contributed by atoms with Gasteiger partial charge in [0.2, 0.25) is 5.95 Å². The van der Waals surface area contributed by atoms with E-state index < -0.39 is 0 Å². The summed E-state index contributed by atoms with van der Waals surface area (Å²) in [5, 5.41) is 3.26. The molecule has 0 atom stereocenters. The van der Waals surface area contributed by atoms with Crippen LogP contribution in [0.4, 0.5) is 23.1 Å². The molecule has 0 unspecified atom stereocenters. The van der Waals surface area contributed by atoms with E-state index in [1.165, 1.54) is 12.8 Å². The van der Waals surface area contributed by atoms with Crippen molar-refractivity contribution in [3.63, 3.8) is 0 Å². The zero-order valence-electron chi connectivity index (χ0n) is 12.7. The highest BCUT2D eigenvalue weighted by molar-refractivity contribution is 5.86. The average molecular weight is 309 g/mol. The van der Waals surface area contributed by atoms with Crippen molar-refractivity contribution in [2.75, 3.05) is 16.8 Å². The monoisotopic (exact) mass is 309 g/mol. The van der Waals surface area contributed by atoms with Crippen LogP contribution in [0.5, 0.6) is 0 Å². The van der Waals surface area contributed by atoms with Gasteiger partial charge in [-0.1, -0.05) is 12.8 Å². The van der Waals surface area contributed by atoms with Gasteiger partial charge in [-0.05, 0) is 37.1 Å². The predicted molar refractivity (Wildman–Crippen MR) is 91.4 cm³/mol. The number of nitrogen functional groups attached to an aromatic ring is 2. The van der Waals surface area contributed by atoms with Crippen molar-refractivity contribution in [2.45, 2.75) is 31.7 Å². The second-order valence-electron chi connectivity index (χ2n) is 5.94. The molecular weight excluding hydrogens is 290 g/mol. The van der Waals surface area contributed by atoms with E-state index in [-0.39, 0.29) is 5.95 Å². The zero-order chi connectivity index (χ0) is 15.8. The Balaban J connectivity index is 1.75. The van der Waals surface area contributed by atoms with Crippen LogP contribution < -0.4 is 16.8 Å². The fraction of sp³-hybridized carbons (Fsp3) is 0.312. The van der Waals surface area contributed by atoms with Crippen molar-refractivity contribution in [3.8, 4) is 0 Å². The van der Waals surface area contributed by atoms with E-state index in [2.05, 4.69) is 24.8 Å². The molecule has 0 spiro atoms. The summed E-state index contributed by atoms with van der Waals surface area (Å²) in [5.41, 5.74) is 14.8. The molecule has 1 aromatic carbocycles. The number of imidazole rings is 1. The quantitative estimate of drug-likeness (QED) is 0.642. The minimum Gasteiger partial charge on any atom is -0.399 e. The molecule has 5 N–H and O–H groups in total. The number of rotatable bonds is 3. The smallest absolute Gasteiger partial charge is 0.224 e. The molecular formula is C16H19N7. The van der Waals surface area contributed by atoms with Crippen molar-refractivity contribution < 1.29 is 0 Å². The first-order valence-corrected chi connectivity index (χ1v) is 7.83. The number of nitrogens with two attached hydrogens (primary N) is 2. The van der Waals surface area contributed by atoms with Gasteiger partial charge in [0.25, 0.3) is 0 Å². The fourth-order valence-electron chi connectivity index (χ4n) is 3.17. The molecule has 1 aliphatic carbocycles. The minimum absolute atomic E-state index is 0.246. The van der Waals surface area contributed by atoms with Crippen LogP contribution in [-0.2, 0) is 0 Å². The SMILES string of the molecule is Nc1ccc(Nc2nc(N)nc3c2ncn3C2CCCC2)cc1. The van der Waals surface area contributed by atoms with Crippen LogP contribution in [0.2, 0.25) is 0 Å². The van der Waals surface area contributed by atoms with Gasteiger partial charge in [-0.25, -0.2) is 4.98 Å². The summed E-state index contributed by atoms with van der Waals surface area (Å²) < 4.78 is 2.13. The molecule has 3 aromatic rings. The molecule has 2 heterocycles. The van der Waals surface area contributed by atoms with Crippen molar-refractivity contribution in [3.05, 3.63) is 30.6 Å². The third kappa shape index (κ3) is 2.54. The van der Waals surface area contributed by atoms with Crippen molar-refractivity contribution in [1.82, 2.24) is 19.5 Å². The van der Waals surface area contributed by atoms with Crippen LogP contribution in [0.25, 0.3) is 11.2 Å². The third-order valence-corrected chi connectivity index (χ3v) is 4.33. The van der Waals surface area contributed by atoms with Gasteiger partial charge in [0.05, 0.1) is 6.33 Å². The van der Waals surface area contributed by atoms with Gasteiger partial charge < -0.3 is 21.4 Å². The summed E-state index contributed by atoms with van der Waals surface area (Å²) in [7, 11) is 0. The number of fused-ring (bicyclic) bond motifs is 1. The zero-order valence-corrected chi connectivity index (χ0v) is 12.7. The lowest BCUT2D eigenvalue weighted by Crippen LogP contribution is -2.07. The highest BCUT2D eigenvalue weighted by Gasteiger charge is 2.21. The molecule has 4 rings (SSSR count).